The Morgan fingerprint density at radius 1 is 1.32 bits per heavy atom. The summed E-state index contributed by atoms with van der Waals surface area (Å²) in [6.07, 6.45) is 2.86. The van der Waals surface area contributed by atoms with Crippen molar-refractivity contribution in [1.29, 1.82) is 0 Å². The lowest BCUT2D eigenvalue weighted by Crippen LogP contribution is -2.42. The van der Waals surface area contributed by atoms with Crippen molar-refractivity contribution in [3.8, 4) is 0 Å². The fourth-order valence-corrected chi connectivity index (χ4v) is 3.26. The lowest BCUT2D eigenvalue weighted by Gasteiger charge is -2.30. The summed E-state index contributed by atoms with van der Waals surface area (Å²) >= 11 is 0. The normalized spacial score (nSPS) is 26.7. The number of likely N-dealkylation sites (tertiary alicyclic amines) is 1. The van der Waals surface area contributed by atoms with Crippen molar-refractivity contribution in [3.63, 3.8) is 0 Å². The molecule has 100 valence electrons. The number of fused-ring (bicyclic) bond motifs is 1. The third-order valence-corrected chi connectivity index (χ3v) is 4.11. The van der Waals surface area contributed by atoms with E-state index in [-0.39, 0.29) is 29.5 Å². The molecule has 0 bridgehead atoms. The van der Waals surface area contributed by atoms with Crippen LogP contribution in [0.25, 0.3) is 0 Å². The van der Waals surface area contributed by atoms with Gasteiger partial charge in [-0.2, -0.15) is 0 Å². The molecule has 4 heteroatoms. The Morgan fingerprint density at radius 3 is 2.95 bits per heavy atom. The van der Waals surface area contributed by atoms with Gasteiger partial charge in [0.15, 0.2) is 5.78 Å². The number of carbonyl (C=O) groups is 2. The maximum Gasteiger partial charge on any atom is 0.223 e. The third kappa shape index (κ3) is 2.27. The summed E-state index contributed by atoms with van der Waals surface area (Å²) in [4.78, 5) is 25.7. The first-order valence-corrected chi connectivity index (χ1v) is 6.72. The summed E-state index contributed by atoms with van der Waals surface area (Å²) in [5.41, 5.74) is 0.743. The fraction of sp³-hybridized carbons (Fsp3) is 0.467. The molecule has 1 saturated heterocycles. The number of hydrogen-bond donors (Lipinski definition) is 0. The lowest BCUT2D eigenvalue weighted by atomic mass is 9.84. The molecule has 0 unspecified atom stereocenters. The summed E-state index contributed by atoms with van der Waals surface area (Å²) < 4.78 is 13.2. The Balaban J connectivity index is 1.83. The van der Waals surface area contributed by atoms with Crippen LogP contribution in [0.15, 0.2) is 24.3 Å². The molecule has 0 aromatic heterocycles. The zero-order valence-electron chi connectivity index (χ0n) is 10.6. The van der Waals surface area contributed by atoms with Gasteiger partial charge in [-0.25, -0.2) is 4.39 Å². The Kier molecular flexibility index (Phi) is 3.09. The number of benzene rings is 1. The highest BCUT2D eigenvalue weighted by atomic mass is 19.1. The van der Waals surface area contributed by atoms with Crippen LogP contribution in [0.3, 0.4) is 0 Å². The lowest BCUT2D eigenvalue weighted by molar-refractivity contribution is -0.135. The molecule has 0 radical (unpaired) electrons. The van der Waals surface area contributed by atoms with Crippen molar-refractivity contribution >= 4 is 11.7 Å². The van der Waals surface area contributed by atoms with Gasteiger partial charge in [0.2, 0.25) is 5.91 Å². The van der Waals surface area contributed by atoms with Crippen LogP contribution in [-0.4, -0.2) is 22.6 Å². The van der Waals surface area contributed by atoms with Crippen molar-refractivity contribution in [2.75, 3.05) is 0 Å². The number of nitrogens with zero attached hydrogens (tertiary/aromatic N) is 1. The first kappa shape index (κ1) is 12.3. The Morgan fingerprint density at radius 2 is 2.16 bits per heavy atom. The molecule has 2 aliphatic rings. The van der Waals surface area contributed by atoms with Crippen LogP contribution in [0.1, 0.15) is 31.2 Å². The average Bonchev–Trinajstić information content (AvgIpc) is 2.67. The molecule has 3 rings (SSSR count). The van der Waals surface area contributed by atoms with Crippen molar-refractivity contribution in [2.45, 2.75) is 38.3 Å². The van der Waals surface area contributed by atoms with E-state index in [0.717, 1.165) is 18.4 Å². The highest BCUT2D eigenvalue weighted by Gasteiger charge is 2.45. The molecule has 19 heavy (non-hydrogen) atoms. The molecule has 0 spiro atoms. The van der Waals surface area contributed by atoms with E-state index in [1.807, 2.05) is 0 Å². The van der Waals surface area contributed by atoms with Gasteiger partial charge in [-0.3, -0.25) is 9.59 Å². The van der Waals surface area contributed by atoms with E-state index < -0.39 is 0 Å². The van der Waals surface area contributed by atoms with Crippen molar-refractivity contribution in [3.05, 3.63) is 35.6 Å². The van der Waals surface area contributed by atoms with Gasteiger partial charge in [0, 0.05) is 19.4 Å². The van der Waals surface area contributed by atoms with Crippen LogP contribution in [0.2, 0.25) is 0 Å². The maximum absolute atomic E-state index is 13.2. The molecule has 2 fully saturated rings. The molecular weight excluding hydrogens is 245 g/mol. The van der Waals surface area contributed by atoms with Crippen LogP contribution in [0.5, 0.6) is 0 Å². The van der Waals surface area contributed by atoms with Gasteiger partial charge >= 0.3 is 0 Å². The fourth-order valence-electron chi connectivity index (χ4n) is 3.26. The second-order valence-corrected chi connectivity index (χ2v) is 5.42. The third-order valence-electron chi connectivity index (χ3n) is 4.11. The monoisotopic (exact) mass is 261 g/mol. The largest absolute Gasteiger partial charge is 0.328 e. The van der Waals surface area contributed by atoms with Crippen LogP contribution in [0, 0.1) is 11.7 Å². The van der Waals surface area contributed by atoms with Crippen LogP contribution in [0.4, 0.5) is 4.39 Å². The predicted octanol–water partition coefficient (Wildman–Crippen LogP) is 2.30. The van der Waals surface area contributed by atoms with E-state index in [4.69, 9.17) is 0 Å². The van der Waals surface area contributed by atoms with E-state index in [9.17, 15) is 14.0 Å². The first-order valence-electron chi connectivity index (χ1n) is 6.72. The average molecular weight is 261 g/mol. The summed E-state index contributed by atoms with van der Waals surface area (Å²) in [6, 6.07) is 5.95. The molecule has 1 aliphatic carbocycles. The van der Waals surface area contributed by atoms with Crippen LogP contribution >= 0.6 is 0 Å². The second-order valence-electron chi connectivity index (χ2n) is 5.42. The Hall–Kier alpha value is -1.71. The topological polar surface area (TPSA) is 37.4 Å². The zero-order chi connectivity index (χ0) is 13.4. The molecule has 1 aromatic carbocycles. The van der Waals surface area contributed by atoms with Gasteiger partial charge in [-0.1, -0.05) is 12.1 Å². The molecule has 1 aliphatic heterocycles. The predicted molar refractivity (Wildman–Crippen MR) is 67.7 cm³/mol. The zero-order valence-corrected chi connectivity index (χ0v) is 10.6. The van der Waals surface area contributed by atoms with Gasteiger partial charge in [0.25, 0.3) is 0 Å². The summed E-state index contributed by atoms with van der Waals surface area (Å²) in [5, 5.41) is 0. The molecule has 1 amide bonds. The molecule has 0 N–H and O–H groups in total. The minimum Gasteiger partial charge on any atom is -0.328 e. The molecule has 1 aromatic rings. The summed E-state index contributed by atoms with van der Waals surface area (Å²) in [6.45, 7) is 0.337. The number of rotatable bonds is 2. The number of Topliss-reactive ketones (excluding diaryl/α,β-unsaturated/α-hetero) is 1. The standard InChI is InChI=1S/C15H16FNO2/c16-12-5-1-3-10(7-12)9-17-14(19)8-11-4-2-6-13(18)15(11)17/h1,3,5,7,11,15H,2,4,6,8-9H2/t11-,15+/m0/s1. The first-order chi connectivity index (χ1) is 9.15. The minimum atomic E-state index is -0.310. The number of halogens is 1. The molecule has 3 nitrogen and oxygen atoms in total. The van der Waals surface area contributed by atoms with E-state index in [2.05, 4.69) is 0 Å². The van der Waals surface area contributed by atoms with Crippen molar-refractivity contribution in [1.82, 2.24) is 4.90 Å². The van der Waals surface area contributed by atoms with Crippen molar-refractivity contribution < 1.29 is 14.0 Å². The number of carbonyl (C=O) groups excluding carboxylic acids is 2. The minimum absolute atomic E-state index is 0.0227. The van der Waals surface area contributed by atoms with Gasteiger partial charge in [0.05, 0.1) is 6.04 Å². The van der Waals surface area contributed by atoms with E-state index in [0.29, 0.717) is 19.4 Å². The number of ketones is 1. The number of amides is 1. The smallest absolute Gasteiger partial charge is 0.223 e. The SMILES string of the molecule is O=C1CCC[C@H]2CC(=O)N(Cc3cccc(F)c3)[C@@H]12. The van der Waals surface area contributed by atoms with E-state index in [1.54, 1.807) is 17.0 Å². The molecular formula is C15H16FNO2. The van der Waals surface area contributed by atoms with Gasteiger partial charge < -0.3 is 4.90 Å². The molecule has 1 heterocycles. The van der Waals surface area contributed by atoms with Gasteiger partial charge in [-0.05, 0) is 36.5 Å². The van der Waals surface area contributed by atoms with E-state index >= 15 is 0 Å². The Labute approximate surface area is 111 Å². The molecule has 2 atom stereocenters. The highest BCUT2D eigenvalue weighted by molar-refractivity contribution is 5.93. The van der Waals surface area contributed by atoms with Crippen LogP contribution in [-0.2, 0) is 16.1 Å². The van der Waals surface area contributed by atoms with Crippen molar-refractivity contribution in [2.24, 2.45) is 5.92 Å². The van der Waals surface area contributed by atoms with E-state index in [1.165, 1.54) is 12.1 Å². The number of hydrogen-bond acceptors (Lipinski definition) is 2. The van der Waals surface area contributed by atoms with Gasteiger partial charge in [0.1, 0.15) is 5.82 Å². The van der Waals surface area contributed by atoms with Crippen LogP contribution < -0.4 is 0 Å². The summed E-state index contributed by atoms with van der Waals surface area (Å²) in [7, 11) is 0. The molecule has 1 saturated carbocycles. The van der Waals surface area contributed by atoms with Gasteiger partial charge in [-0.15, -0.1) is 0 Å². The second kappa shape index (κ2) is 4.76. The maximum atomic E-state index is 13.2. The highest BCUT2D eigenvalue weighted by Crippen LogP contribution is 2.35. The Bertz CT molecular complexity index is 529. The quantitative estimate of drug-likeness (QED) is 0.819. The summed E-state index contributed by atoms with van der Waals surface area (Å²) in [5.74, 6) is 0.0472.